The van der Waals surface area contributed by atoms with Crippen LogP contribution in [0.25, 0.3) is 123 Å². The first kappa shape index (κ1) is 39.2. The predicted molar refractivity (Wildman–Crippen MR) is 281 cm³/mol. The normalized spacial score (nSPS) is 11.5. The van der Waals surface area contributed by atoms with Gasteiger partial charge in [-0.3, -0.25) is 0 Å². The van der Waals surface area contributed by atoms with Gasteiger partial charge in [-0.25, -0.2) is 15.0 Å². The Hall–Kier alpha value is -9.19. The van der Waals surface area contributed by atoms with Crippen molar-refractivity contribution < 1.29 is 0 Å². The molecule has 0 bridgehead atoms. The molecule has 0 amide bonds. The second kappa shape index (κ2) is 16.4. The highest BCUT2D eigenvalue weighted by molar-refractivity contribution is 6.16. The molecular formula is C63H41N5. The van der Waals surface area contributed by atoms with Crippen molar-refractivity contribution in [2.24, 2.45) is 0 Å². The van der Waals surface area contributed by atoms with Crippen LogP contribution in [0.3, 0.4) is 0 Å². The van der Waals surface area contributed by atoms with Gasteiger partial charge in [0.25, 0.3) is 0 Å². The number of aromatic nitrogens is 5. The number of para-hydroxylation sites is 3. The molecule has 318 valence electrons. The topological polar surface area (TPSA) is 48.5 Å². The summed E-state index contributed by atoms with van der Waals surface area (Å²) in [6.07, 6.45) is 0. The molecular weight excluding hydrogens is 827 g/mol. The molecule has 0 saturated carbocycles. The zero-order valence-corrected chi connectivity index (χ0v) is 36.9. The summed E-state index contributed by atoms with van der Waals surface area (Å²) in [5, 5.41) is 4.83. The van der Waals surface area contributed by atoms with Gasteiger partial charge in [0, 0.05) is 43.9 Å². The van der Waals surface area contributed by atoms with Crippen LogP contribution < -0.4 is 0 Å². The lowest BCUT2D eigenvalue weighted by atomic mass is 9.98. The molecule has 13 aromatic rings. The van der Waals surface area contributed by atoms with Crippen LogP contribution >= 0.6 is 0 Å². The minimum Gasteiger partial charge on any atom is -0.309 e. The van der Waals surface area contributed by atoms with E-state index in [1.54, 1.807) is 0 Å². The van der Waals surface area contributed by atoms with Gasteiger partial charge in [0.15, 0.2) is 17.5 Å². The molecule has 3 aromatic heterocycles. The molecule has 10 aromatic carbocycles. The summed E-state index contributed by atoms with van der Waals surface area (Å²) in [5.74, 6) is 1.80. The lowest BCUT2D eigenvalue weighted by Crippen LogP contribution is -2.03. The lowest BCUT2D eigenvalue weighted by Gasteiger charge is -2.16. The SMILES string of the molecule is c1ccc(-c2ccc(-c3nc(-c4cccc(-c5ccccc5)c4)nc(-c4cc(-n5c6ccccc6c6c(-n7c8ccccc8c8ccccc87)cccc65)ccc4-c4ccccc4)n3)cc2)cc1. The van der Waals surface area contributed by atoms with Gasteiger partial charge in [0.2, 0.25) is 0 Å². The zero-order valence-electron chi connectivity index (χ0n) is 36.9. The van der Waals surface area contributed by atoms with Crippen LogP contribution in [0, 0.1) is 0 Å². The van der Waals surface area contributed by atoms with Gasteiger partial charge < -0.3 is 9.13 Å². The van der Waals surface area contributed by atoms with E-state index >= 15 is 0 Å². The second-order valence-electron chi connectivity index (χ2n) is 17.2. The Morgan fingerprint density at radius 2 is 0.706 bits per heavy atom. The zero-order chi connectivity index (χ0) is 45.0. The van der Waals surface area contributed by atoms with Gasteiger partial charge in [-0.1, -0.05) is 200 Å². The summed E-state index contributed by atoms with van der Waals surface area (Å²) >= 11 is 0. The average molecular weight is 868 g/mol. The van der Waals surface area contributed by atoms with Gasteiger partial charge in [-0.15, -0.1) is 0 Å². The quantitative estimate of drug-likeness (QED) is 0.153. The van der Waals surface area contributed by atoms with E-state index in [-0.39, 0.29) is 0 Å². The molecule has 0 aliphatic heterocycles. The van der Waals surface area contributed by atoms with E-state index in [1.165, 1.54) is 32.6 Å². The summed E-state index contributed by atoms with van der Waals surface area (Å²) in [6.45, 7) is 0. The van der Waals surface area contributed by atoms with Gasteiger partial charge in [-0.2, -0.15) is 0 Å². The van der Waals surface area contributed by atoms with E-state index in [4.69, 9.17) is 15.0 Å². The number of nitrogens with zero attached hydrogens (tertiary/aromatic N) is 5. The molecule has 0 N–H and O–H groups in total. The van der Waals surface area contributed by atoms with E-state index in [1.807, 2.05) is 12.1 Å². The van der Waals surface area contributed by atoms with Gasteiger partial charge in [0.1, 0.15) is 0 Å². The third kappa shape index (κ3) is 6.68. The Labute approximate surface area is 393 Å². The van der Waals surface area contributed by atoms with Crippen molar-refractivity contribution in [1.29, 1.82) is 0 Å². The van der Waals surface area contributed by atoms with E-state index in [2.05, 4.69) is 246 Å². The Morgan fingerprint density at radius 3 is 1.37 bits per heavy atom. The molecule has 0 fully saturated rings. The van der Waals surface area contributed by atoms with E-state index < -0.39 is 0 Å². The average Bonchev–Trinajstić information content (AvgIpc) is 3.95. The fourth-order valence-corrected chi connectivity index (χ4v) is 10.0. The Balaban J connectivity index is 1.05. The van der Waals surface area contributed by atoms with E-state index in [0.29, 0.717) is 17.5 Å². The fraction of sp³-hybridized carbons (Fsp3) is 0. The molecule has 13 rings (SSSR count). The Bertz CT molecular complexity index is 3950. The minimum absolute atomic E-state index is 0.592. The third-order valence-corrected chi connectivity index (χ3v) is 13.2. The summed E-state index contributed by atoms with van der Waals surface area (Å²) in [7, 11) is 0. The highest BCUT2D eigenvalue weighted by atomic mass is 15.0. The van der Waals surface area contributed by atoms with Gasteiger partial charge in [-0.05, 0) is 81.9 Å². The maximum absolute atomic E-state index is 5.40. The molecule has 0 radical (unpaired) electrons. The first-order valence-corrected chi connectivity index (χ1v) is 23.0. The smallest absolute Gasteiger partial charge is 0.164 e. The number of hydrogen-bond acceptors (Lipinski definition) is 3. The summed E-state index contributed by atoms with van der Waals surface area (Å²) in [4.78, 5) is 16.0. The highest BCUT2D eigenvalue weighted by Gasteiger charge is 2.22. The molecule has 68 heavy (non-hydrogen) atoms. The molecule has 0 atom stereocenters. The summed E-state index contributed by atoms with van der Waals surface area (Å²) in [6, 6.07) is 88.1. The maximum atomic E-state index is 5.40. The molecule has 0 unspecified atom stereocenters. The fourth-order valence-electron chi connectivity index (χ4n) is 10.0. The minimum atomic E-state index is 0.592. The number of benzene rings is 10. The third-order valence-electron chi connectivity index (χ3n) is 13.2. The van der Waals surface area contributed by atoms with Crippen LogP contribution in [-0.2, 0) is 0 Å². The van der Waals surface area contributed by atoms with Crippen LogP contribution in [0.4, 0.5) is 0 Å². The Morgan fingerprint density at radius 1 is 0.250 bits per heavy atom. The van der Waals surface area contributed by atoms with Crippen molar-refractivity contribution in [1.82, 2.24) is 24.1 Å². The van der Waals surface area contributed by atoms with Crippen molar-refractivity contribution in [3.63, 3.8) is 0 Å². The van der Waals surface area contributed by atoms with Crippen molar-refractivity contribution in [2.45, 2.75) is 0 Å². The van der Waals surface area contributed by atoms with Gasteiger partial charge >= 0.3 is 0 Å². The second-order valence-corrected chi connectivity index (χ2v) is 17.2. The maximum Gasteiger partial charge on any atom is 0.164 e. The van der Waals surface area contributed by atoms with E-state index in [9.17, 15) is 0 Å². The molecule has 5 heteroatoms. The first-order chi connectivity index (χ1) is 33.7. The van der Waals surface area contributed by atoms with Crippen molar-refractivity contribution >= 4 is 43.6 Å². The van der Waals surface area contributed by atoms with Crippen molar-refractivity contribution in [2.75, 3.05) is 0 Å². The van der Waals surface area contributed by atoms with E-state index in [0.717, 1.165) is 72.5 Å². The standard InChI is InChI=1S/C63H41N5/c1-4-18-42(19-5-1)44-34-36-46(37-35-44)61-64-62(48-25-16-24-47(40-48)43-20-6-2-7-21-43)66-63(65-61)54-41-49(38-39-50(54)45-22-8-3-9-23-45)67-57-31-15-12-28-53(57)60-58(67)32-17-33-59(60)68-55-29-13-10-26-51(55)52-27-11-14-30-56(52)68/h1-41H. The van der Waals surface area contributed by atoms with Crippen LogP contribution in [0.5, 0.6) is 0 Å². The number of hydrogen-bond donors (Lipinski definition) is 0. The van der Waals surface area contributed by atoms with Gasteiger partial charge in [0.05, 0.1) is 27.8 Å². The summed E-state index contributed by atoms with van der Waals surface area (Å²) in [5.41, 5.74) is 16.1. The van der Waals surface area contributed by atoms with Crippen LogP contribution in [-0.4, -0.2) is 24.1 Å². The van der Waals surface area contributed by atoms with Crippen molar-refractivity contribution in [3.05, 3.63) is 249 Å². The molecule has 0 aliphatic rings. The summed E-state index contributed by atoms with van der Waals surface area (Å²) < 4.78 is 4.83. The lowest BCUT2D eigenvalue weighted by molar-refractivity contribution is 1.07. The first-order valence-electron chi connectivity index (χ1n) is 23.0. The van der Waals surface area contributed by atoms with Crippen LogP contribution in [0.2, 0.25) is 0 Å². The monoisotopic (exact) mass is 867 g/mol. The number of fused-ring (bicyclic) bond motifs is 6. The molecule has 3 heterocycles. The van der Waals surface area contributed by atoms with Crippen LogP contribution in [0.15, 0.2) is 249 Å². The number of rotatable bonds is 8. The predicted octanol–water partition coefficient (Wildman–Crippen LogP) is 16.1. The molecule has 5 nitrogen and oxygen atoms in total. The highest BCUT2D eigenvalue weighted by Crippen LogP contribution is 2.42. The molecule has 0 saturated heterocycles. The Kier molecular flexibility index (Phi) is 9.43. The molecule has 0 aliphatic carbocycles. The molecule has 0 spiro atoms. The largest absolute Gasteiger partial charge is 0.309 e. The van der Waals surface area contributed by atoms with Crippen LogP contribution in [0.1, 0.15) is 0 Å². The van der Waals surface area contributed by atoms with Crippen molar-refractivity contribution in [3.8, 4) is 78.9 Å².